The molecule has 1 unspecified atom stereocenters. The molecule has 2 N–H and O–H groups in total. The lowest BCUT2D eigenvalue weighted by Crippen LogP contribution is -2.36. The summed E-state index contributed by atoms with van der Waals surface area (Å²) in [6, 6.07) is 7.32. The molecule has 106 valence electrons. The molecule has 3 nitrogen and oxygen atoms in total. The molecule has 1 aliphatic rings. The Morgan fingerprint density at radius 3 is 2.79 bits per heavy atom. The predicted octanol–water partition coefficient (Wildman–Crippen LogP) is 1.98. The summed E-state index contributed by atoms with van der Waals surface area (Å²) in [5, 5.41) is 0. The van der Waals surface area contributed by atoms with E-state index in [0.29, 0.717) is 6.54 Å². The summed E-state index contributed by atoms with van der Waals surface area (Å²) in [7, 11) is 4.47. The minimum Gasteiger partial charge on any atom is -0.326 e. The van der Waals surface area contributed by atoms with Gasteiger partial charge in [-0.1, -0.05) is 18.2 Å². The third-order valence-corrected chi connectivity index (χ3v) is 4.28. The van der Waals surface area contributed by atoms with E-state index in [4.69, 9.17) is 5.73 Å². The molecule has 3 heteroatoms. The van der Waals surface area contributed by atoms with Gasteiger partial charge in [0, 0.05) is 25.7 Å². The van der Waals surface area contributed by atoms with Crippen LogP contribution in [0.2, 0.25) is 0 Å². The molecule has 1 saturated heterocycles. The summed E-state index contributed by atoms with van der Waals surface area (Å²) >= 11 is 0. The van der Waals surface area contributed by atoms with E-state index in [9.17, 15) is 0 Å². The third kappa shape index (κ3) is 3.78. The molecule has 1 aliphatic heterocycles. The van der Waals surface area contributed by atoms with Crippen LogP contribution < -0.4 is 5.73 Å². The van der Waals surface area contributed by atoms with Gasteiger partial charge in [-0.2, -0.15) is 0 Å². The molecule has 0 saturated carbocycles. The van der Waals surface area contributed by atoms with Crippen molar-refractivity contribution in [1.82, 2.24) is 9.80 Å². The van der Waals surface area contributed by atoms with Gasteiger partial charge in [-0.3, -0.25) is 0 Å². The lowest BCUT2D eigenvalue weighted by atomic mass is 10.0. The van der Waals surface area contributed by atoms with Crippen LogP contribution in [0.5, 0.6) is 0 Å². The summed E-state index contributed by atoms with van der Waals surface area (Å²) < 4.78 is 0. The Bertz CT molecular complexity index is 416. The van der Waals surface area contributed by atoms with Crippen LogP contribution in [0.3, 0.4) is 0 Å². The van der Waals surface area contributed by atoms with E-state index in [0.717, 1.165) is 19.1 Å². The fourth-order valence-corrected chi connectivity index (χ4v) is 2.99. The van der Waals surface area contributed by atoms with Crippen molar-refractivity contribution in [2.24, 2.45) is 5.73 Å². The number of likely N-dealkylation sites (N-methyl/N-ethyl adjacent to an activating group) is 2. The lowest BCUT2D eigenvalue weighted by molar-refractivity contribution is 0.215. The van der Waals surface area contributed by atoms with Gasteiger partial charge >= 0.3 is 0 Å². The molecule has 1 fully saturated rings. The first-order valence-electron chi connectivity index (χ1n) is 7.27. The first-order valence-corrected chi connectivity index (χ1v) is 7.27. The number of nitrogens with two attached hydrogens (primary N) is 1. The van der Waals surface area contributed by atoms with Crippen LogP contribution in [-0.2, 0) is 13.1 Å². The molecule has 1 aromatic rings. The summed E-state index contributed by atoms with van der Waals surface area (Å²) in [4.78, 5) is 4.93. The molecule has 19 heavy (non-hydrogen) atoms. The molecule has 0 aliphatic carbocycles. The second-order valence-corrected chi connectivity index (χ2v) is 5.94. The van der Waals surface area contributed by atoms with Gasteiger partial charge in [0.15, 0.2) is 0 Å². The monoisotopic (exact) mass is 261 g/mol. The average molecular weight is 261 g/mol. The second-order valence-electron chi connectivity index (χ2n) is 5.94. The van der Waals surface area contributed by atoms with Crippen molar-refractivity contribution in [3.8, 4) is 0 Å². The fraction of sp³-hybridized carbons (Fsp3) is 0.625. The van der Waals surface area contributed by atoms with Crippen molar-refractivity contribution >= 4 is 0 Å². The van der Waals surface area contributed by atoms with Crippen molar-refractivity contribution < 1.29 is 0 Å². The first-order chi connectivity index (χ1) is 9.10. The zero-order chi connectivity index (χ0) is 13.8. The lowest BCUT2D eigenvalue weighted by Gasteiger charge is -2.26. The van der Waals surface area contributed by atoms with Gasteiger partial charge in [-0.05, 0) is 57.1 Å². The minimum atomic E-state index is 0.629. The Balaban J connectivity index is 1.93. The van der Waals surface area contributed by atoms with Gasteiger partial charge in [0.2, 0.25) is 0 Å². The maximum Gasteiger partial charge on any atom is 0.0233 e. The van der Waals surface area contributed by atoms with Gasteiger partial charge in [-0.25, -0.2) is 0 Å². The quantitative estimate of drug-likeness (QED) is 0.879. The van der Waals surface area contributed by atoms with Gasteiger partial charge in [-0.15, -0.1) is 0 Å². The van der Waals surface area contributed by atoms with E-state index >= 15 is 0 Å². The van der Waals surface area contributed by atoms with Gasteiger partial charge in [0.05, 0.1) is 0 Å². The van der Waals surface area contributed by atoms with Crippen LogP contribution in [0, 0.1) is 6.92 Å². The van der Waals surface area contributed by atoms with E-state index in [2.05, 4.69) is 49.0 Å². The number of hydrogen-bond donors (Lipinski definition) is 1. The standard InChI is InChI=1S/C16H27N3/c1-13-9-14(10-17)6-7-15(13)11-18(2)12-16-5-4-8-19(16)3/h6-7,9,16H,4-5,8,10-12,17H2,1-3H3. The molecule has 0 aromatic heterocycles. The zero-order valence-corrected chi connectivity index (χ0v) is 12.5. The highest BCUT2D eigenvalue weighted by Gasteiger charge is 2.22. The van der Waals surface area contributed by atoms with E-state index in [-0.39, 0.29) is 0 Å². The van der Waals surface area contributed by atoms with Crippen LogP contribution >= 0.6 is 0 Å². The van der Waals surface area contributed by atoms with Crippen molar-refractivity contribution in [3.63, 3.8) is 0 Å². The maximum absolute atomic E-state index is 5.68. The third-order valence-electron chi connectivity index (χ3n) is 4.28. The average Bonchev–Trinajstić information content (AvgIpc) is 2.77. The SMILES string of the molecule is Cc1cc(CN)ccc1CN(C)CC1CCCN1C. The van der Waals surface area contributed by atoms with Crippen molar-refractivity contribution in [3.05, 3.63) is 34.9 Å². The summed E-state index contributed by atoms with van der Waals surface area (Å²) in [6.45, 7) is 6.26. The number of benzene rings is 1. The van der Waals surface area contributed by atoms with Crippen LogP contribution in [0.4, 0.5) is 0 Å². The Morgan fingerprint density at radius 1 is 1.42 bits per heavy atom. The highest BCUT2D eigenvalue weighted by molar-refractivity contribution is 5.30. The normalized spacial score (nSPS) is 20.4. The van der Waals surface area contributed by atoms with Crippen molar-refractivity contribution in [2.75, 3.05) is 27.2 Å². The van der Waals surface area contributed by atoms with Gasteiger partial charge in [0.1, 0.15) is 0 Å². The molecule has 1 heterocycles. The van der Waals surface area contributed by atoms with E-state index < -0.39 is 0 Å². The number of nitrogens with zero attached hydrogens (tertiary/aromatic N) is 2. The maximum atomic E-state index is 5.68. The number of hydrogen-bond acceptors (Lipinski definition) is 3. The Morgan fingerprint density at radius 2 is 2.21 bits per heavy atom. The molecule has 0 amide bonds. The van der Waals surface area contributed by atoms with Crippen molar-refractivity contribution in [1.29, 1.82) is 0 Å². The highest BCUT2D eigenvalue weighted by atomic mass is 15.2. The Hall–Kier alpha value is -0.900. The zero-order valence-electron chi connectivity index (χ0n) is 12.5. The second kappa shape index (κ2) is 6.51. The first kappa shape index (κ1) is 14.5. The van der Waals surface area contributed by atoms with Crippen LogP contribution in [0.1, 0.15) is 29.5 Å². The van der Waals surface area contributed by atoms with Gasteiger partial charge < -0.3 is 15.5 Å². The summed E-state index contributed by atoms with van der Waals surface area (Å²) in [5.41, 5.74) is 9.67. The molecule has 1 aromatic carbocycles. The molecule has 2 rings (SSSR count). The molecular weight excluding hydrogens is 234 g/mol. The van der Waals surface area contributed by atoms with E-state index in [1.807, 2.05) is 0 Å². The largest absolute Gasteiger partial charge is 0.326 e. The van der Waals surface area contributed by atoms with Crippen LogP contribution in [0.25, 0.3) is 0 Å². The Labute approximate surface area is 117 Å². The van der Waals surface area contributed by atoms with Gasteiger partial charge in [0.25, 0.3) is 0 Å². The molecular formula is C16H27N3. The fourth-order valence-electron chi connectivity index (χ4n) is 2.99. The number of aryl methyl sites for hydroxylation is 1. The summed E-state index contributed by atoms with van der Waals surface area (Å²) in [6.07, 6.45) is 2.69. The number of likely N-dealkylation sites (tertiary alicyclic amines) is 1. The van der Waals surface area contributed by atoms with Crippen LogP contribution in [-0.4, -0.2) is 43.0 Å². The smallest absolute Gasteiger partial charge is 0.0233 e. The molecule has 0 spiro atoms. The Kier molecular flexibility index (Phi) is 4.97. The summed E-state index contributed by atoms with van der Waals surface area (Å²) in [5.74, 6) is 0. The minimum absolute atomic E-state index is 0.629. The molecule has 1 atom stereocenters. The predicted molar refractivity (Wildman–Crippen MR) is 81.1 cm³/mol. The molecule has 0 radical (unpaired) electrons. The van der Waals surface area contributed by atoms with E-state index in [1.54, 1.807) is 0 Å². The van der Waals surface area contributed by atoms with E-state index in [1.165, 1.54) is 36.1 Å². The van der Waals surface area contributed by atoms with Crippen LogP contribution in [0.15, 0.2) is 18.2 Å². The topological polar surface area (TPSA) is 32.5 Å². The molecule has 0 bridgehead atoms. The number of rotatable bonds is 5. The highest BCUT2D eigenvalue weighted by Crippen LogP contribution is 2.17. The van der Waals surface area contributed by atoms with Crippen molar-refractivity contribution in [2.45, 2.75) is 38.9 Å².